The van der Waals surface area contributed by atoms with Gasteiger partial charge in [-0.3, -0.25) is 0 Å². The largest absolute Gasteiger partial charge is 0.497 e. The number of methoxy groups -OCH3 is 1. The second-order valence-corrected chi connectivity index (χ2v) is 4.61. The van der Waals surface area contributed by atoms with Crippen molar-refractivity contribution in [3.05, 3.63) is 53.5 Å². The molecule has 2 N–H and O–H groups in total. The Morgan fingerprint density at radius 2 is 2.10 bits per heavy atom. The number of imidazole rings is 1. The van der Waals surface area contributed by atoms with Crippen LogP contribution in [0.1, 0.15) is 21.7 Å². The number of pyridine rings is 1. The van der Waals surface area contributed by atoms with Gasteiger partial charge in [-0.05, 0) is 23.8 Å². The summed E-state index contributed by atoms with van der Waals surface area (Å²) in [5, 5.41) is 8.95. The number of fused-ring (bicyclic) bond motifs is 1. The fraction of sp³-hybridized carbons (Fsp3) is 0.133. The van der Waals surface area contributed by atoms with Gasteiger partial charge in [-0.1, -0.05) is 12.1 Å². The van der Waals surface area contributed by atoms with Crippen LogP contribution in [0.4, 0.5) is 0 Å². The van der Waals surface area contributed by atoms with E-state index in [1.807, 2.05) is 24.3 Å². The molecule has 2 aromatic heterocycles. The third-order valence-electron chi connectivity index (χ3n) is 3.16. The van der Waals surface area contributed by atoms with E-state index in [2.05, 4.69) is 15.0 Å². The Morgan fingerprint density at radius 3 is 2.76 bits per heavy atom. The molecule has 0 radical (unpaired) electrons. The summed E-state index contributed by atoms with van der Waals surface area (Å²) in [5.41, 5.74) is 2.36. The molecule has 3 aromatic rings. The lowest BCUT2D eigenvalue weighted by atomic mass is 10.1. The molecule has 106 valence electrons. The van der Waals surface area contributed by atoms with Crippen molar-refractivity contribution < 1.29 is 14.6 Å². The van der Waals surface area contributed by atoms with Gasteiger partial charge in [-0.15, -0.1) is 0 Å². The molecular weight excluding hydrogens is 270 g/mol. The van der Waals surface area contributed by atoms with E-state index in [-0.39, 0.29) is 5.56 Å². The van der Waals surface area contributed by atoms with Gasteiger partial charge in [0.2, 0.25) is 0 Å². The maximum absolute atomic E-state index is 10.9. The van der Waals surface area contributed by atoms with Crippen LogP contribution in [-0.2, 0) is 6.42 Å². The molecule has 0 saturated heterocycles. The normalized spacial score (nSPS) is 10.7. The van der Waals surface area contributed by atoms with Gasteiger partial charge in [-0.25, -0.2) is 14.8 Å². The molecule has 0 bridgehead atoms. The number of nitrogens with zero attached hydrogens (tertiary/aromatic N) is 2. The second-order valence-electron chi connectivity index (χ2n) is 4.61. The Morgan fingerprint density at radius 1 is 1.33 bits per heavy atom. The Kier molecular flexibility index (Phi) is 3.27. The Bertz CT molecular complexity index is 794. The van der Waals surface area contributed by atoms with Crippen LogP contribution in [0.5, 0.6) is 5.75 Å². The average molecular weight is 283 g/mol. The number of hydrogen-bond acceptors (Lipinski definition) is 4. The number of nitrogens with one attached hydrogen (secondary N) is 1. The first-order valence-corrected chi connectivity index (χ1v) is 6.36. The van der Waals surface area contributed by atoms with Crippen molar-refractivity contribution in [2.45, 2.75) is 6.42 Å². The minimum atomic E-state index is -1.00. The molecule has 0 atom stereocenters. The third-order valence-corrected chi connectivity index (χ3v) is 3.16. The van der Waals surface area contributed by atoms with E-state index in [0.29, 0.717) is 17.6 Å². The first-order chi connectivity index (χ1) is 10.2. The van der Waals surface area contributed by atoms with Crippen LogP contribution in [-0.4, -0.2) is 33.1 Å². The summed E-state index contributed by atoms with van der Waals surface area (Å²) in [7, 11) is 1.62. The summed E-state index contributed by atoms with van der Waals surface area (Å²) in [6.45, 7) is 0. The molecule has 1 aromatic carbocycles. The van der Waals surface area contributed by atoms with Crippen LogP contribution >= 0.6 is 0 Å². The zero-order chi connectivity index (χ0) is 14.8. The number of carbonyl (C=O) groups is 1. The highest BCUT2D eigenvalue weighted by Gasteiger charge is 2.09. The summed E-state index contributed by atoms with van der Waals surface area (Å²) < 4.78 is 5.11. The number of H-pyrrole nitrogens is 1. The van der Waals surface area contributed by atoms with Crippen molar-refractivity contribution in [1.82, 2.24) is 15.0 Å². The molecule has 3 rings (SSSR count). The monoisotopic (exact) mass is 283 g/mol. The highest BCUT2D eigenvalue weighted by Crippen LogP contribution is 2.16. The fourth-order valence-electron chi connectivity index (χ4n) is 2.09. The molecule has 21 heavy (non-hydrogen) atoms. The van der Waals surface area contributed by atoms with Crippen LogP contribution in [0.15, 0.2) is 36.5 Å². The summed E-state index contributed by atoms with van der Waals surface area (Å²) in [5.74, 6) is 0.539. The number of aromatic nitrogens is 3. The SMILES string of the molecule is COc1ccc(Cc2nc3ncc(C(=O)O)cc3[nH]2)cc1. The first-order valence-electron chi connectivity index (χ1n) is 6.36. The van der Waals surface area contributed by atoms with Crippen LogP contribution in [0.3, 0.4) is 0 Å². The number of ether oxygens (including phenoxy) is 1. The van der Waals surface area contributed by atoms with Gasteiger partial charge in [-0.2, -0.15) is 0 Å². The Hall–Kier alpha value is -2.89. The summed E-state index contributed by atoms with van der Waals surface area (Å²) in [6, 6.07) is 9.23. The molecule has 6 heteroatoms. The van der Waals surface area contributed by atoms with Gasteiger partial charge in [0.15, 0.2) is 5.65 Å². The van der Waals surface area contributed by atoms with Crippen molar-refractivity contribution in [2.75, 3.05) is 7.11 Å². The van der Waals surface area contributed by atoms with E-state index >= 15 is 0 Å². The molecule has 6 nitrogen and oxygen atoms in total. The van der Waals surface area contributed by atoms with Gasteiger partial charge >= 0.3 is 5.97 Å². The summed E-state index contributed by atoms with van der Waals surface area (Å²) in [6.07, 6.45) is 1.92. The van der Waals surface area contributed by atoms with Crippen molar-refractivity contribution in [2.24, 2.45) is 0 Å². The highest BCUT2D eigenvalue weighted by atomic mass is 16.5. The Labute approximate surface area is 120 Å². The minimum Gasteiger partial charge on any atom is -0.497 e. The summed E-state index contributed by atoms with van der Waals surface area (Å²) >= 11 is 0. The van der Waals surface area contributed by atoms with Gasteiger partial charge in [0.25, 0.3) is 0 Å². The number of aromatic amines is 1. The van der Waals surface area contributed by atoms with Crippen molar-refractivity contribution in [3.63, 3.8) is 0 Å². The zero-order valence-corrected chi connectivity index (χ0v) is 11.3. The van der Waals surface area contributed by atoms with Gasteiger partial charge < -0.3 is 14.8 Å². The van der Waals surface area contributed by atoms with E-state index < -0.39 is 5.97 Å². The fourth-order valence-corrected chi connectivity index (χ4v) is 2.09. The lowest BCUT2D eigenvalue weighted by Crippen LogP contribution is -1.96. The molecule has 2 heterocycles. The van der Waals surface area contributed by atoms with E-state index in [9.17, 15) is 4.79 Å². The van der Waals surface area contributed by atoms with E-state index in [4.69, 9.17) is 9.84 Å². The smallest absolute Gasteiger partial charge is 0.337 e. The van der Waals surface area contributed by atoms with Crippen molar-refractivity contribution in [3.8, 4) is 5.75 Å². The van der Waals surface area contributed by atoms with Crippen molar-refractivity contribution >= 4 is 17.1 Å². The molecule has 0 amide bonds. The quantitative estimate of drug-likeness (QED) is 0.766. The lowest BCUT2D eigenvalue weighted by molar-refractivity contribution is 0.0696. The zero-order valence-electron chi connectivity index (χ0n) is 11.3. The number of hydrogen-bond donors (Lipinski definition) is 2. The van der Waals surface area contributed by atoms with Gasteiger partial charge in [0, 0.05) is 12.6 Å². The molecule has 0 aliphatic carbocycles. The molecule has 0 aliphatic rings. The number of aromatic carboxylic acids is 1. The topological polar surface area (TPSA) is 88.1 Å². The predicted octanol–water partition coefficient (Wildman–Crippen LogP) is 2.26. The number of carboxylic acid groups (broad SMARTS) is 1. The second kappa shape index (κ2) is 5.24. The lowest BCUT2D eigenvalue weighted by Gasteiger charge is -2.01. The molecule has 0 spiro atoms. The number of carboxylic acids is 1. The van der Waals surface area contributed by atoms with E-state index in [1.165, 1.54) is 12.3 Å². The first kappa shape index (κ1) is 13.1. The summed E-state index contributed by atoms with van der Waals surface area (Å²) in [4.78, 5) is 22.4. The minimum absolute atomic E-state index is 0.141. The van der Waals surface area contributed by atoms with Gasteiger partial charge in [0.05, 0.1) is 18.2 Å². The van der Waals surface area contributed by atoms with E-state index in [1.54, 1.807) is 7.11 Å². The standard InChI is InChI=1S/C15H13N3O3/c1-21-11-4-2-9(3-5-11)6-13-17-12-7-10(15(19)20)8-16-14(12)18-13/h2-5,7-8H,6H2,1H3,(H,19,20)(H,16,17,18). The maximum Gasteiger partial charge on any atom is 0.337 e. The maximum atomic E-state index is 10.9. The van der Waals surface area contributed by atoms with Crippen LogP contribution in [0, 0.1) is 0 Å². The van der Waals surface area contributed by atoms with Crippen LogP contribution < -0.4 is 4.74 Å². The molecular formula is C15H13N3O3. The van der Waals surface area contributed by atoms with Crippen molar-refractivity contribution in [1.29, 1.82) is 0 Å². The third kappa shape index (κ3) is 2.69. The molecule has 0 unspecified atom stereocenters. The number of rotatable bonds is 4. The van der Waals surface area contributed by atoms with Crippen LogP contribution in [0.2, 0.25) is 0 Å². The highest BCUT2D eigenvalue weighted by molar-refractivity contribution is 5.90. The molecule has 0 aliphatic heterocycles. The predicted molar refractivity (Wildman–Crippen MR) is 76.6 cm³/mol. The molecule has 0 saturated carbocycles. The molecule has 0 fully saturated rings. The van der Waals surface area contributed by atoms with E-state index in [0.717, 1.165) is 17.1 Å². The van der Waals surface area contributed by atoms with Crippen LogP contribution in [0.25, 0.3) is 11.2 Å². The Balaban J connectivity index is 1.88. The number of benzene rings is 1. The average Bonchev–Trinajstić information content (AvgIpc) is 2.89. The van der Waals surface area contributed by atoms with Gasteiger partial charge in [0.1, 0.15) is 11.6 Å².